The highest BCUT2D eigenvalue weighted by Crippen LogP contribution is 2.29. The highest BCUT2D eigenvalue weighted by atomic mass is 16.7. The summed E-state index contributed by atoms with van der Waals surface area (Å²) >= 11 is 0. The van der Waals surface area contributed by atoms with Crippen LogP contribution < -0.4 is 10.1 Å². The Balaban J connectivity index is 1.45. The number of nitrogens with one attached hydrogen (secondary N) is 2. The van der Waals surface area contributed by atoms with Crippen LogP contribution in [0.5, 0.6) is 5.75 Å². The van der Waals surface area contributed by atoms with Gasteiger partial charge in [0.25, 0.3) is 0 Å². The van der Waals surface area contributed by atoms with E-state index in [9.17, 15) is 4.79 Å². The van der Waals surface area contributed by atoms with Gasteiger partial charge in [0.2, 0.25) is 6.79 Å². The number of aromatic amines is 1. The molecule has 1 fully saturated rings. The molecule has 2 N–H and O–H groups in total. The highest BCUT2D eigenvalue weighted by molar-refractivity contribution is 5.89. The third-order valence-corrected chi connectivity index (χ3v) is 5.13. The van der Waals surface area contributed by atoms with Crippen LogP contribution >= 0.6 is 0 Å². The van der Waals surface area contributed by atoms with Crippen LogP contribution in [0.1, 0.15) is 24.8 Å². The van der Waals surface area contributed by atoms with E-state index < -0.39 is 6.09 Å². The first-order chi connectivity index (χ1) is 13.6. The van der Waals surface area contributed by atoms with Gasteiger partial charge in [0.15, 0.2) is 0 Å². The van der Waals surface area contributed by atoms with Gasteiger partial charge in [-0.3, -0.25) is 0 Å². The Kier molecular flexibility index (Phi) is 7.56. The number of hydrogen-bond donors (Lipinski definition) is 2. The third-order valence-electron chi connectivity index (χ3n) is 5.13. The van der Waals surface area contributed by atoms with Gasteiger partial charge >= 0.3 is 6.09 Å². The van der Waals surface area contributed by atoms with Crippen molar-refractivity contribution in [1.82, 2.24) is 20.1 Å². The number of fused-ring (bicyclic) bond motifs is 1. The molecule has 2 aromatic rings. The van der Waals surface area contributed by atoms with Crippen molar-refractivity contribution in [2.75, 3.05) is 53.6 Å². The zero-order valence-electron chi connectivity index (χ0n) is 17.0. The van der Waals surface area contributed by atoms with Crippen LogP contribution in [-0.2, 0) is 11.2 Å². The molecule has 0 spiro atoms. The number of aromatic nitrogens is 1. The van der Waals surface area contributed by atoms with Gasteiger partial charge in [-0.25, -0.2) is 4.79 Å². The predicted octanol–water partition coefficient (Wildman–Crippen LogP) is 2.82. The Morgan fingerprint density at radius 2 is 2.07 bits per heavy atom. The van der Waals surface area contributed by atoms with E-state index in [2.05, 4.69) is 34.2 Å². The Hall–Kier alpha value is -2.25. The number of H-pyrrole nitrogens is 1. The molecule has 1 aliphatic heterocycles. The minimum Gasteiger partial charge on any atom is -0.457 e. The van der Waals surface area contributed by atoms with E-state index in [4.69, 9.17) is 9.47 Å². The van der Waals surface area contributed by atoms with Crippen molar-refractivity contribution >= 4 is 17.0 Å². The highest BCUT2D eigenvalue weighted by Gasteiger charge is 2.12. The molecular formula is C21H32N4O3. The van der Waals surface area contributed by atoms with Crippen LogP contribution in [0.3, 0.4) is 0 Å². The minimum absolute atomic E-state index is 0.104. The number of benzene rings is 1. The first-order valence-corrected chi connectivity index (χ1v) is 10.1. The minimum atomic E-state index is -0.439. The van der Waals surface area contributed by atoms with Gasteiger partial charge in [0, 0.05) is 36.7 Å². The number of alkyl carbamates (subject to hydrolysis) is 1. The summed E-state index contributed by atoms with van der Waals surface area (Å²) in [6.07, 6.45) is 6.32. The monoisotopic (exact) mass is 388 g/mol. The van der Waals surface area contributed by atoms with Crippen LogP contribution in [0.15, 0.2) is 24.4 Å². The average Bonchev–Trinajstić information content (AvgIpc) is 3.11. The molecule has 154 valence electrons. The quantitative estimate of drug-likeness (QED) is 0.647. The van der Waals surface area contributed by atoms with Gasteiger partial charge in [-0.2, -0.15) is 0 Å². The summed E-state index contributed by atoms with van der Waals surface area (Å²) in [7, 11) is 4.12. The molecule has 7 heteroatoms. The van der Waals surface area contributed by atoms with E-state index >= 15 is 0 Å². The lowest BCUT2D eigenvalue weighted by Gasteiger charge is -2.26. The van der Waals surface area contributed by atoms with E-state index in [1.807, 2.05) is 24.4 Å². The lowest BCUT2D eigenvalue weighted by atomic mass is 10.1. The maximum Gasteiger partial charge on any atom is 0.410 e. The molecule has 0 atom stereocenters. The smallest absolute Gasteiger partial charge is 0.410 e. The Bertz CT molecular complexity index is 753. The summed E-state index contributed by atoms with van der Waals surface area (Å²) < 4.78 is 11.0. The predicted molar refractivity (Wildman–Crippen MR) is 111 cm³/mol. The van der Waals surface area contributed by atoms with Gasteiger partial charge in [-0.15, -0.1) is 0 Å². The van der Waals surface area contributed by atoms with E-state index in [0.717, 1.165) is 49.3 Å². The number of carbonyl (C=O) groups excluding carboxylic acids is 1. The molecule has 0 unspecified atom stereocenters. The number of ether oxygens (including phenoxy) is 2. The molecule has 1 aliphatic rings. The molecule has 0 radical (unpaired) electrons. The SMILES string of the molecule is CN(C)CCc1c[nH]c2cccc(OCOC(=O)NCCN3CCCCC3)c12. The largest absolute Gasteiger partial charge is 0.457 e. The molecule has 1 saturated heterocycles. The molecule has 0 aliphatic carbocycles. The second kappa shape index (κ2) is 10.3. The van der Waals surface area contributed by atoms with Crippen LogP contribution in [0.4, 0.5) is 4.79 Å². The van der Waals surface area contributed by atoms with E-state index in [1.165, 1.54) is 24.8 Å². The van der Waals surface area contributed by atoms with Crippen LogP contribution in [0.2, 0.25) is 0 Å². The number of piperidine rings is 1. The molecule has 2 heterocycles. The molecule has 1 aromatic heterocycles. The van der Waals surface area contributed by atoms with Gasteiger partial charge in [0.1, 0.15) is 5.75 Å². The first kappa shape index (κ1) is 20.5. The van der Waals surface area contributed by atoms with E-state index in [0.29, 0.717) is 6.54 Å². The standard InChI is InChI=1S/C21H32N4O3/c1-24(2)13-9-17-15-23-18-7-6-8-19(20(17)18)27-16-28-21(26)22-10-14-25-11-4-3-5-12-25/h6-8,15,23H,3-5,9-14,16H2,1-2H3,(H,22,26). The number of likely N-dealkylation sites (N-methyl/N-ethyl adjacent to an activating group) is 1. The van der Waals surface area contributed by atoms with Crippen molar-refractivity contribution in [1.29, 1.82) is 0 Å². The number of amides is 1. The van der Waals surface area contributed by atoms with Gasteiger partial charge < -0.3 is 29.6 Å². The summed E-state index contributed by atoms with van der Waals surface area (Å²) in [4.78, 5) is 19.7. The molecule has 28 heavy (non-hydrogen) atoms. The van der Waals surface area contributed by atoms with Crippen LogP contribution in [0.25, 0.3) is 10.9 Å². The maximum absolute atomic E-state index is 11.9. The molecule has 0 bridgehead atoms. The van der Waals surface area contributed by atoms with Crippen LogP contribution in [0, 0.1) is 0 Å². The van der Waals surface area contributed by atoms with Crippen molar-refractivity contribution < 1.29 is 14.3 Å². The summed E-state index contributed by atoms with van der Waals surface area (Å²) in [5.41, 5.74) is 2.22. The molecule has 1 aromatic carbocycles. The topological polar surface area (TPSA) is 69.8 Å². The lowest BCUT2D eigenvalue weighted by molar-refractivity contribution is 0.0598. The summed E-state index contributed by atoms with van der Waals surface area (Å²) in [6, 6.07) is 5.87. The fourth-order valence-corrected chi connectivity index (χ4v) is 3.58. The van der Waals surface area contributed by atoms with E-state index in [1.54, 1.807) is 0 Å². The summed E-state index contributed by atoms with van der Waals surface area (Å²) in [5, 5.41) is 3.85. The van der Waals surface area contributed by atoms with E-state index in [-0.39, 0.29) is 6.79 Å². The summed E-state index contributed by atoms with van der Waals surface area (Å²) in [5.74, 6) is 0.730. The molecule has 3 rings (SSSR count). The van der Waals surface area contributed by atoms with Gasteiger partial charge in [0.05, 0.1) is 0 Å². The maximum atomic E-state index is 11.9. The molecular weight excluding hydrogens is 356 g/mol. The Morgan fingerprint density at radius 1 is 1.25 bits per heavy atom. The van der Waals surface area contributed by atoms with Crippen molar-refractivity contribution in [3.63, 3.8) is 0 Å². The van der Waals surface area contributed by atoms with Crippen molar-refractivity contribution in [3.8, 4) is 5.75 Å². The summed E-state index contributed by atoms with van der Waals surface area (Å²) in [6.45, 7) is 4.56. The second-order valence-electron chi connectivity index (χ2n) is 7.57. The van der Waals surface area contributed by atoms with Gasteiger partial charge in [-0.1, -0.05) is 12.5 Å². The van der Waals surface area contributed by atoms with Crippen molar-refractivity contribution in [3.05, 3.63) is 30.0 Å². The van der Waals surface area contributed by atoms with Gasteiger partial charge in [-0.05, 0) is 64.1 Å². The zero-order valence-corrected chi connectivity index (χ0v) is 17.0. The number of hydrogen-bond acceptors (Lipinski definition) is 5. The number of carbonyl (C=O) groups is 1. The fraction of sp³-hybridized carbons (Fsp3) is 0.571. The van der Waals surface area contributed by atoms with Crippen molar-refractivity contribution in [2.45, 2.75) is 25.7 Å². The number of rotatable bonds is 9. The number of nitrogens with zero attached hydrogens (tertiary/aromatic N) is 2. The average molecular weight is 389 g/mol. The van der Waals surface area contributed by atoms with Crippen LogP contribution in [-0.4, -0.2) is 74.5 Å². The molecule has 1 amide bonds. The van der Waals surface area contributed by atoms with Crippen molar-refractivity contribution in [2.24, 2.45) is 0 Å². The second-order valence-corrected chi connectivity index (χ2v) is 7.57. The molecule has 7 nitrogen and oxygen atoms in total. The number of likely N-dealkylation sites (tertiary alicyclic amines) is 1. The third kappa shape index (κ3) is 5.87. The Morgan fingerprint density at radius 3 is 2.86 bits per heavy atom. The lowest BCUT2D eigenvalue weighted by Crippen LogP contribution is -2.38. The zero-order chi connectivity index (χ0) is 19.8. The fourth-order valence-electron chi connectivity index (χ4n) is 3.58. The first-order valence-electron chi connectivity index (χ1n) is 10.1. The molecule has 0 saturated carbocycles. The normalized spacial score (nSPS) is 15.1. The Labute approximate surface area is 167 Å².